The Morgan fingerprint density at radius 3 is 2.73 bits per heavy atom. The summed E-state index contributed by atoms with van der Waals surface area (Å²) in [5.74, 6) is -0.458. The van der Waals surface area contributed by atoms with Crippen molar-refractivity contribution in [3.8, 4) is 6.07 Å². The third-order valence-electron chi connectivity index (χ3n) is 2.00. The fourth-order valence-electron chi connectivity index (χ4n) is 1.15. The first-order chi connectivity index (χ1) is 7.15. The average Bonchev–Trinajstić information content (AvgIpc) is 2.19. The molecule has 0 spiro atoms. The number of rotatable bonds is 3. The van der Waals surface area contributed by atoms with Crippen molar-refractivity contribution < 1.29 is 4.79 Å². The van der Waals surface area contributed by atoms with Crippen molar-refractivity contribution in [3.05, 3.63) is 24.4 Å². The summed E-state index contributed by atoms with van der Waals surface area (Å²) in [7, 11) is 0. The molecule has 4 heteroatoms. The highest BCUT2D eigenvalue weighted by Gasteiger charge is 2.21. The first-order valence-corrected chi connectivity index (χ1v) is 4.76. The minimum Gasteiger partial charge on any atom is -0.310 e. The Balaban J connectivity index is 2.68. The van der Waals surface area contributed by atoms with E-state index in [9.17, 15) is 4.79 Å². The summed E-state index contributed by atoms with van der Waals surface area (Å²) in [4.78, 5) is 15.6. The predicted molar refractivity (Wildman–Crippen MR) is 56.8 cm³/mol. The van der Waals surface area contributed by atoms with Crippen LogP contribution in [0.1, 0.15) is 13.8 Å². The number of carbonyl (C=O) groups is 1. The number of nitriles is 1. The highest BCUT2D eigenvalue weighted by molar-refractivity contribution is 5.93. The zero-order chi connectivity index (χ0) is 11.3. The van der Waals surface area contributed by atoms with Crippen LogP contribution in [0.15, 0.2) is 24.4 Å². The molecule has 0 aliphatic heterocycles. The lowest BCUT2D eigenvalue weighted by atomic mass is 9.97. The fraction of sp³-hybridized carbons (Fsp3) is 0.364. The van der Waals surface area contributed by atoms with Gasteiger partial charge in [0.25, 0.3) is 0 Å². The summed E-state index contributed by atoms with van der Waals surface area (Å²) in [6, 6.07) is 7.21. The molecule has 1 heterocycles. The van der Waals surface area contributed by atoms with E-state index in [2.05, 4.69) is 10.3 Å². The van der Waals surface area contributed by atoms with E-state index in [-0.39, 0.29) is 11.8 Å². The molecule has 1 rings (SSSR count). The van der Waals surface area contributed by atoms with Gasteiger partial charge in [-0.05, 0) is 18.1 Å². The van der Waals surface area contributed by atoms with Crippen LogP contribution in [0.25, 0.3) is 0 Å². The van der Waals surface area contributed by atoms with Crippen LogP contribution in [0.3, 0.4) is 0 Å². The van der Waals surface area contributed by atoms with Crippen molar-refractivity contribution >= 4 is 11.7 Å². The lowest BCUT2D eigenvalue weighted by Crippen LogP contribution is -2.25. The molecule has 0 aliphatic carbocycles. The Morgan fingerprint density at radius 1 is 1.53 bits per heavy atom. The van der Waals surface area contributed by atoms with Crippen molar-refractivity contribution in [1.82, 2.24) is 4.98 Å². The fourth-order valence-corrected chi connectivity index (χ4v) is 1.15. The number of pyridine rings is 1. The Hall–Kier alpha value is -1.89. The summed E-state index contributed by atoms with van der Waals surface area (Å²) in [5.41, 5.74) is 0. The largest absolute Gasteiger partial charge is 0.310 e. The third-order valence-corrected chi connectivity index (χ3v) is 2.00. The zero-order valence-electron chi connectivity index (χ0n) is 8.77. The van der Waals surface area contributed by atoms with E-state index in [1.54, 1.807) is 24.4 Å². The molecule has 0 saturated heterocycles. The molecule has 4 nitrogen and oxygen atoms in total. The Kier molecular flexibility index (Phi) is 3.81. The van der Waals surface area contributed by atoms with E-state index in [0.29, 0.717) is 5.82 Å². The molecule has 1 N–H and O–H groups in total. The number of anilines is 1. The van der Waals surface area contributed by atoms with Gasteiger partial charge in [-0.15, -0.1) is 0 Å². The molecule has 0 bridgehead atoms. The number of nitrogens with zero attached hydrogens (tertiary/aromatic N) is 2. The first kappa shape index (κ1) is 11.2. The van der Waals surface area contributed by atoms with Crippen LogP contribution in [-0.2, 0) is 4.79 Å². The van der Waals surface area contributed by atoms with Crippen molar-refractivity contribution in [2.75, 3.05) is 5.32 Å². The van der Waals surface area contributed by atoms with Crippen LogP contribution < -0.4 is 5.32 Å². The number of hydrogen-bond acceptors (Lipinski definition) is 3. The van der Waals surface area contributed by atoms with Gasteiger partial charge in [0.15, 0.2) is 0 Å². The van der Waals surface area contributed by atoms with Gasteiger partial charge in [0, 0.05) is 6.20 Å². The molecule has 1 unspecified atom stereocenters. The predicted octanol–water partition coefficient (Wildman–Crippen LogP) is 1.82. The Morgan fingerprint density at radius 2 is 2.27 bits per heavy atom. The number of nitrogens with one attached hydrogen (secondary N) is 1. The van der Waals surface area contributed by atoms with Crippen LogP contribution in [0, 0.1) is 23.2 Å². The molecule has 1 aromatic heterocycles. The first-order valence-electron chi connectivity index (χ1n) is 4.76. The second kappa shape index (κ2) is 5.11. The molecular formula is C11H13N3O. The average molecular weight is 203 g/mol. The summed E-state index contributed by atoms with van der Waals surface area (Å²) in [6.07, 6.45) is 1.59. The van der Waals surface area contributed by atoms with Gasteiger partial charge >= 0.3 is 0 Å². The van der Waals surface area contributed by atoms with Crippen LogP contribution >= 0.6 is 0 Å². The van der Waals surface area contributed by atoms with E-state index in [0.717, 1.165) is 0 Å². The number of aromatic nitrogens is 1. The topological polar surface area (TPSA) is 65.8 Å². The van der Waals surface area contributed by atoms with E-state index < -0.39 is 5.92 Å². The Bertz CT molecular complexity index is 367. The van der Waals surface area contributed by atoms with E-state index in [1.807, 2.05) is 19.9 Å². The summed E-state index contributed by atoms with van der Waals surface area (Å²) in [5, 5.41) is 11.4. The monoisotopic (exact) mass is 203 g/mol. The maximum Gasteiger partial charge on any atom is 0.243 e. The van der Waals surface area contributed by atoms with Crippen molar-refractivity contribution in [2.45, 2.75) is 13.8 Å². The highest BCUT2D eigenvalue weighted by atomic mass is 16.1. The van der Waals surface area contributed by atoms with Gasteiger partial charge in [-0.2, -0.15) is 5.26 Å². The molecule has 15 heavy (non-hydrogen) atoms. The molecular weight excluding hydrogens is 190 g/mol. The van der Waals surface area contributed by atoms with Gasteiger partial charge in [-0.25, -0.2) is 4.98 Å². The van der Waals surface area contributed by atoms with Gasteiger partial charge < -0.3 is 5.32 Å². The van der Waals surface area contributed by atoms with Gasteiger partial charge in [0.1, 0.15) is 11.7 Å². The normalized spacial score (nSPS) is 11.9. The molecule has 1 amide bonds. The highest BCUT2D eigenvalue weighted by Crippen LogP contribution is 2.12. The van der Waals surface area contributed by atoms with E-state index in [4.69, 9.17) is 5.26 Å². The standard InChI is InChI=1S/C11H13N3O/c1-8(2)9(7-12)11(15)14-10-5-3-4-6-13-10/h3-6,8-9H,1-2H3,(H,13,14,15). The van der Waals surface area contributed by atoms with E-state index >= 15 is 0 Å². The van der Waals surface area contributed by atoms with Crippen molar-refractivity contribution in [1.29, 1.82) is 5.26 Å². The van der Waals surface area contributed by atoms with Gasteiger partial charge in [-0.1, -0.05) is 19.9 Å². The maximum atomic E-state index is 11.6. The number of amides is 1. The summed E-state index contributed by atoms with van der Waals surface area (Å²) >= 11 is 0. The van der Waals surface area contributed by atoms with Crippen LogP contribution in [-0.4, -0.2) is 10.9 Å². The molecule has 0 aromatic carbocycles. The summed E-state index contributed by atoms with van der Waals surface area (Å²) < 4.78 is 0. The van der Waals surface area contributed by atoms with Gasteiger partial charge in [-0.3, -0.25) is 4.79 Å². The van der Waals surface area contributed by atoms with Crippen LogP contribution in [0.2, 0.25) is 0 Å². The molecule has 0 fully saturated rings. The molecule has 0 radical (unpaired) electrons. The maximum absolute atomic E-state index is 11.6. The molecule has 1 aromatic rings. The van der Waals surface area contributed by atoms with Gasteiger partial charge in [0.05, 0.1) is 6.07 Å². The molecule has 1 atom stereocenters. The van der Waals surface area contributed by atoms with Crippen LogP contribution in [0.4, 0.5) is 5.82 Å². The smallest absolute Gasteiger partial charge is 0.243 e. The van der Waals surface area contributed by atoms with E-state index in [1.165, 1.54) is 0 Å². The summed E-state index contributed by atoms with van der Waals surface area (Å²) in [6.45, 7) is 3.68. The van der Waals surface area contributed by atoms with Gasteiger partial charge in [0.2, 0.25) is 5.91 Å². The Labute approximate surface area is 88.9 Å². The second-order valence-corrected chi connectivity index (χ2v) is 3.56. The number of carbonyl (C=O) groups excluding carboxylic acids is 1. The lowest BCUT2D eigenvalue weighted by molar-refractivity contribution is -0.119. The van der Waals surface area contributed by atoms with Crippen molar-refractivity contribution in [3.63, 3.8) is 0 Å². The lowest BCUT2D eigenvalue weighted by Gasteiger charge is -2.12. The number of hydrogen-bond donors (Lipinski definition) is 1. The quantitative estimate of drug-likeness (QED) is 0.814. The minimum atomic E-state index is -0.632. The molecule has 0 saturated carbocycles. The zero-order valence-corrected chi connectivity index (χ0v) is 8.77. The molecule has 78 valence electrons. The van der Waals surface area contributed by atoms with Crippen molar-refractivity contribution in [2.24, 2.45) is 11.8 Å². The SMILES string of the molecule is CC(C)C(C#N)C(=O)Nc1ccccn1. The van der Waals surface area contributed by atoms with Crippen LogP contribution in [0.5, 0.6) is 0 Å². The minimum absolute atomic E-state index is 0.00119. The second-order valence-electron chi connectivity index (χ2n) is 3.56. The molecule has 0 aliphatic rings. The third kappa shape index (κ3) is 3.06.